The number of hydrogen-bond donors (Lipinski definition) is 1. The van der Waals surface area contributed by atoms with Crippen LogP contribution in [0.25, 0.3) is 49.6 Å². The highest BCUT2D eigenvalue weighted by molar-refractivity contribution is 9.10. The maximum atomic E-state index is 12.6. The van der Waals surface area contributed by atoms with Crippen LogP contribution in [0, 0.1) is 11.3 Å². The van der Waals surface area contributed by atoms with Crippen molar-refractivity contribution in [2.24, 2.45) is 0 Å². The Balaban J connectivity index is 1.33. The number of halogens is 1. The van der Waals surface area contributed by atoms with Gasteiger partial charge < -0.3 is 14.3 Å². The monoisotopic (exact) mass is 566 g/mol. The van der Waals surface area contributed by atoms with E-state index in [0.29, 0.717) is 27.4 Å². The second-order valence-electron chi connectivity index (χ2n) is 8.48. The molecule has 1 N–H and O–H groups in total. The molecule has 3 heterocycles. The zero-order valence-corrected chi connectivity index (χ0v) is 22.1. The summed E-state index contributed by atoms with van der Waals surface area (Å²) in [5.74, 6) is 0. The summed E-state index contributed by atoms with van der Waals surface area (Å²) in [4.78, 5) is 17.2. The molecule has 0 bridgehead atoms. The van der Waals surface area contributed by atoms with Crippen LogP contribution in [0.2, 0.25) is 0 Å². The molecule has 0 aliphatic rings. The Morgan fingerprint density at radius 3 is 2.81 bits per heavy atom. The molecular weight excluding hydrogens is 548 g/mol. The van der Waals surface area contributed by atoms with Gasteiger partial charge in [0.2, 0.25) is 0 Å². The van der Waals surface area contributed by atoms with E-state index in [1.165, 1.54) is 27.8 Å². The summed E-state index contributed by atoms with van der Waals surface area (Å²) < 4.78 is 8.66. The number of fused-ring (bicyclic) bond motifs is 4. The number of rotatable bonds is 5. The van der Waals surface area contributed by atoms with E-state index in [-0.39, 0.29) is 0 Å². The first-order valence-electron chi connectivity index (χ1n) is 11.6. The molecule has 0 spiro atoms. The molecule has 180 valence electrons. The summed E-state index contributed by atoms with van der Waals surface area (Å²) in [5.41, 5.74) is 4.49. The van der Waals surface area contributed by atoms with Gasteiger partial charge in [-0.25, -0.2) is 9.78 Å². The predicted molar refractivity (Wildman–Crippen MR) is 154 cm³/mol. The largest absolute Gasteiger partial charge is 0.422 e. The van der Waals surface area contributed by atoms with Gasteiger partial charge in [0.15, 0.2) is 0 Å². The van der Waals surface area contributed by atoms with Crippen molar-refractivity contribution in [1.29, 1.82) is 5.26 Å². The summed E-state index contributed by atoms with van der Waals surface area (Å²) in [7, 11) is 0. The molecule has 6 rings (SSSR count). The minimum absolute atomic E-state index is 0.358. The number of para-hydroxylation sites is 1. The fourth-order valence-electron chi connectivity index (χ4n) is 4.58. The lowest BCUT2D eigenvalue weighted by atomic mass is 10.1. The van der Waals surface area contributed by atoms with Gasteiger partial charge >= 0.3 is 5.63 Å². The molecule has 0 aliphatic carbocycles. The van der Waals surface area contributed by atoms with E-state index in [2.05, 4.69) is 74.1 Å². The molecule has 0 radical (unpaired) electrons. The van der Waals surface area contributed by atoms with Crippen molar-refractivity contribution in [2.45, 2.75) is 13.5 Å². The highest BCUT2D eigenvalue weighted by Crippen LogP contribution is 2.32. The Morgan fingerprint density at radius 2 is 1.97 bits per heavy atom. The van der Waals surface area contributed by atoms with E-state index < -0.39 is 5.63 Å². The molecule has 3 aromatic heterocycles. The highest BCUT2D eigenvalue weighted by Gasteiger charge is 2.14. The van der Waals surface area contributed by atoms with Gasteiger partial charge in [0.1, 0.15) is 22.2 Å². The number of anilines is 1. The van der Waals surface area contributed by atoms with Crippen molar-refractivity contribution in [2.75, 3.05) is 5.32 Å². The summed E-state index contributed by atoms with van der Waals surface area (Å²) in [6.07, 6.45) is 1.66. The minimum atomic E-state index is -0.466. The lowest BCUT2D eigenvalue weighted by molar-refractivity contribution is 0.563. The molecule has 6 nitrogen and oxygen atoms in total. The van der Waals surface area contributed by atoms with Crippen LogP contribution in [0.15, 0.2) is 92.0 Å². The van der Waals surface area contributed by atoms with Crippen molar-refractivity contribution in [3.05, 3.63) is 98.2 Å². The van der Waals surface area contributed by atoms with E-state index in [1.807, 2.05) is 24.3 Å². The fraction of sp³-hybridized carbons (Fsp3) is 0.0690. The fourth-order valence-corrected chi connectivity index (χ4v) is 5.74. The van der Waals surface area contributed by atoms with Crippen molar-refractivity contribution in [3.63, 3.8) is 0 Å². The number of aryl methyl sites for hydroxylation is 1. The number of allylic oxidation sites excluding steroid dienone is 1. The predicted octanol–water partition coefficient (Wildman–Crippen LogP) is 7.78. The summed E-state index contributed by atoms with van der Waals surface area (Å²) in [5, 5.41) is 18.5. The van der Waals surface area contributed by atoms with Crippen LogP contribution in [0.4, 0.5) is 5.69 Å². The maximum absolute atomic E-state index is 12.6. The van der Waals surface area contributed by atoms with Gasteiger partial charge in [0, 0.05) is 55.5 Å². The number of nitrogens with zero attached hydrogens (tertiary/aromatic N) is 3. The zero-order chi connectivity index (χ0) is 25.5. The van der Waals surface area contributed by atoms with Gasteiger partial charge in [-0.15, -0.1) is 11.3 Å². The molecule has 0 aliphatic heterocycles. The van der Waals surface area contributed by atoms with Crippen LogP contribution in [-0.2, 0) is 6.54 Å². The van der Waals surface area contributed by atoms with Gasteiger partial charge in [0.05, 0.1) is 11.3 Å². The number of benzene rings is 3. The van der Waals surface area contributed by atoms with E-state index >= 15 is 0 Å². The van der Waals surface area contributed by atoms with Crippen LogP contribution in [0.3, 0.4) is 0 Å². The molecule has 0 saturated heterocycles. The Bertz CT molecular complexity index is 1960. The molecule has 0 amide bonds. The number of hydrogen-bond acceptors (Lipinski definition) is 6. The molecule has 6 aromatic rings. The van der Waals surface area contributed by atoms with Crippen LogP contribution >= 0.6 is 27.3 Å². The first-order chi connectivity index (χ1) is 18.1. The van der Waals surface area contributed by atoms with E-state index in [9.17, 15) is 10.1 Å². The van der Waals surface area contributed by atoms with Gasteiger partial charge in [-0.05, 0) is 55.5 Å². The van der Waals surface area contributed by atoms with Gasteiger partial charge in [-0.1, -0.05) is 34.1 Å². The summed E-state index contributed by atoms with van der Waals surface area (Å²) >= 11 is 4.75. The third-order valence-corrected chi connectivity index (χ3v) is 7.67. The lowest BCUT2D eigenvalue weighted by Crippen LogP contribution is -2.03. The Labute approximate surface area is 224 Å². The molecule has 8 heteroatoms. The van der Waals surface area contributed by atoms with Gasteiger partial charge in [-0.2, -0.15) is 5.26 Å². The molecule has 0 unspecified atom stereocenters. The Morgan fingerprint density at radius 1 is 1.14 bits per heavy atom. The van der Waals surface area contributed by atoms with E-state index in [0.717, 1.165) is 27.5 Å². The summed E-state index contributed by atoms with van der Waals surface area (Å²) in [6, 6.07) is 24.0. The minimum Gasteiger partial charge on any atom is -0.422 e. The third-order valence-electron chi connectivity index (χ3n) is 6.30. The Kier molecular flexibility index (Phi) is 5.87. The van der Waals surface area contributed by atoms with Crippen molar-refractivity contribution in [1.82, 2.24) is 9.55 Å². The number of nitrogens with one attached hydrogen (secondary N) is 1. The maximum Gasteiger partial charge on any atom is 0.345 e. The van der Waals surface area contributed by atoms with Crippen molar-refractivity contribution < 1.29 is 4.42 Å². The van der Waals surface area contributed by atoms with Crippen LogP contribution in [-0.4, -0.2) is 9.55 Å². The van der Waals surface area contributed by atoms with E-state index in [1.54, 1.807) is 23.7 Å². The average molecular weight is 567 g/mol. The normalized spacial score (nSPS) is 11.9. The molecule has 0 atom stereocenters. The molecule has 0 saturated carbocycles. The first-order valence-corrected chi connectivity index (χ1v) is 13.3. The molecular formula is C29H19BrN4O2S. The van der Waals surface area contributed by atoms with Gasteiger partial charge in [0.25, 0.3) is 0 Å². The molecule has 3 aromatic carbocycles. The molecule has 0 fully saturated rings. The van der Waals surface area contributed by atoms with Crippen molar-refractivity contribution >= 4 is 71.3 Å². The molecule has 37 heavy (non-hydrogen) atoms. The topological polar surface area (TPSA) is 83.8 Å². The number of thiazole rings is 1. The lowest BCUT2D eigenvalue weighted by Gasteiger charge is -2.05. The van der Waals surface area contributed by atoms with Crippen LogP contribution in [0.1, 0.15) is 11.9 Å². The third kappa shape index (κ3) is 4.12. The number of aromatic nitrogens is 2. The van der Waals surface area contributed by atoms with Crippen molar-refractivity contribution in [3.8, 4) is 17.3 Å². The SMILES string of the molecule is CCn1c2ccccc2c2cc(NC=C(C#N)c3nc(-c4cc5cc(Br)ccc5oc4=O)cs3)ccc21. The second-order valence-corrected chi connectivity index (χ2v) is 10.2. The smallest absolute Gasteiger partial charge is 0.345 e. The highest BCUT2D eigenvalue weighted by atomic mass is 79.9. The first kappa shape index (κ1) is 23.2. The van der Waals surface area contributed by atoms with Crippen LogP contribution in [0.5, 0.6) is 0 Å². The van der Waals surface area contributed by atoms with E-state index in [4.69, 9.17) is 4.42 Å². The van der Waals surface area contributed by atoms with Crippen LogP contribution < -0.4 is 10.9 Å². The average Bonchev–Trinajstić information content (AvgIpc) is 3.52. The standard InChI is InChI=1S/C29H19BrN4O2S/c1-2-34-25-6-4-3-5-21(25)22-13-20(8-9-26(22)34)32-15-18(14-31)28-33-24(16-37-28)23-12-17-11-19(30)7-10-27(17)36-29(23)35/h3-13,15-16,32H,2H2,1H3. The summed E-state index contributed by atoms with van der Waals surface area (Å²) in [6.45, 7) is 3.03. The zero-order valence-electron chi connectivity index (χ0n) is 19.7. The second kappa shape index (κ2) is 9.36. The number of nitriles is 1. The quantitative estimate of drug-likeness (QED) is 0.170. The Hall–Kier alpha value is -4.19. The van der Waals surface area contributed by atoms with Gasteiger partial charge in [-0.3, -0.25) is 0 Å².